The Labute approximate surface area is 149 Å². The molecule has 24 heavy (non-hydrogen) atoms. The minimum Gasteiger partial charge on any atom is -0.486 e. The number of anilines is 1. The number of rotatable bonds is 6. The lowest BCUT2D eigenvalue weighted by atomic mass is 10.0. The zero-order chi connectivity index (χ0) is 17.9. The molecule has 1 N–H and O–H groups in total. The van der Waals surface area contributed by atoms with Crippen molar-refractivity contribution < 1.29 is 9.53 Å². The van der Waals surface area contributed by atoms with Gasteiger partial charge in [-0.2, -0.15) is 0 Å². The molecular formula is C18H28ClN3O2. The van der Waals surface area contributed by atoms with E-state index in [-0.39, 0.29) is 18.1 Å². The third-order valence-corrected chi connectivity index (χ3v) is 5.08. The number of fused-ring (bicyclic) bond motifs is 1. The van der Waals surface area contributed by atoms with E-state index in [2.05, 4.69) is 35.9 Å². The van der Waals surface area contributed by atoms with Gasteiger partial charge < -0.3 is 19.9 Å². The van der Waals surface area contributed by atoms with Crippen LogP contribution < -0.4 is 15.0 Å². The summed E-state index contributed by atoms with van der Waals surface area (Å²) in [5, 5.41) is 3.52. The Bertz CT molecular complexity index is 590. The molecule has 0 fully saturated rings. The van der Waals surface area contributed by atoms with E-state index in [0.29, 0.717) is 22.9 Å². The van der Waals surface area contributed by atoms with Crippen LogP contribution in [0.4, 0.5) is 5.69 Å². The fraction of sp³-hybridized carbons (Fsp3) is 0.611. The van der Waals surface area contributed by atoms with Crippen LogP contribution in [0.2, 0.25) is 5.02 Å². The van der Waals surface area contributed by atoms with Gasteiger partial charge in [-0.25, -0.2) is 0 Å². The van der Waals surface area contributed by atoms with Gasteiger partial charge in [0.15, 0.2) is 5.75 Å². The van der Waals surface area contributed by atoms with Crippen LogP contribution >= 0.6 is 11.6 Å². The highest BCUT2D eigenvalue weighted by atomic mass is 35.5. The van der Waals surface area contributed by atoms with Crippen molar-refractivity contribution in [2.75, 3.05) is 38.1 Å². The van der Waals surface area contributed by atoms with E-state index in [9.17, 15) is 4.79 Å². The quantitative estimate of drug-likeness (QED) is 0.853. The maximum Gasteiger partial charge on any atom is 0.255 e. The van der Waals surface area contributed by atoms with Crippen molar-refractivity contribution in [3.8, 4) is 5.75 Å². The second-order valence-electron chi connectivity index (χ2n) is 6.26. The van der Waals surface area contributed by atoms with Gasteiger partial charge in [-0.1, -0.05) is 25.4 Å². The highest BCUT2D eigenvalue weighted by Crippen LogP contribution is 2.40. The summed E-state index contributed by atoms with van der Waals surface area (Å²) in [5.74, 6) is 0.476. The van der Waals surface area contributed by atoms with Gasteiger partial charge in [0, 0.05) is 25.2 Å². The van der Waals surface area contributed by atoms with E-state index >= 15 is 0 Å². The Kier molecular flexibility index (Phi) is 6.35. The van der Waals surface area contributed by atoms with Crippen LogP contribution in [-0.2, 0) is 0 Å². The summed E-state index contributed by atoms with van der Waals surface area (Å²) in [4.78, 5) is 17.0. The van der Waals surface area contributed by atoms with Crippen molar-refractivity contribution >= 4 is 23.2 Å². The predicted octanol–water partition coefficient (Wildman–Crippen LogP) is 3.02. The molecule has 1 aromatic carbocycles. The molecule has 5 nitrogen and oxygen atoms in total. The number of likely N-dealkylation sites (N-methyl/N-ethyl adjacent to an activating group) is 2. The van der Waals surface area contributed by atoms with Crippen molar-refractivity contribution in [1.82, 2.24) is 10.2 Å². The second-order valence-corrected chi connectivity index (χ2v) is 6.70. The summed E-state index contributed by atoms with van der Waals surface area (Å²) in [7, 11) is 2.00. The number of benzene rings is 1. The van der Waals surface area contributed by atoms with Crippen LogP contribution in [0.25, 0.3) is 0 Å². The van der Waals surface area contributed by atoms with Crippen LogP contribution in [0.1, 0.15) is 38.1 Å². The smallest absolute Gasteiger partial charge is 0.255 e. The molecule has 0 radical (unpaired) electrons. The lowest BCUT2D eigenvalue weighted by Gasteiger charge is -2.39. The molecule has 2 rings (SSSR count). The first kappa shape index (κ1) is 18.9. The topological polar surface area (TPSA) is 44.8 Å². The molecule has 0 spiro atoms. The standard InChI is InChI=1S/C18H28ClN3O2/c1-6-22(7-2)9-8-20-18(23)15-10-14(19)11-16-17(15)24-13(4)12(3)21(16)5/h10-13H,6-9H2,1-5H3,(H,20,23). The van der Waals surface area contributed by atoms with Crippen molar-refractivity contribution in [1.29, 1.82) is 0 Å². The zero-order valence-electron chi connectivity index (χ0n) is 15.2. The SMILES string of the molecule is CCN(CC)CCNC(=O)c1cc(Cl)cc2c1OC(C)C(C)N2C. The number of ether oxygens (including phenoxy) is 1. The Hall–Kier alpha value is -1.46. The van der Waals surface area contributed by atoms with E-state index in [1.165, 1.54) is 0 Å². The highest BCUT2D eigenvalue weighted by molar-refractivity contribution is 6.31. The number of nitrogens with zero attached hydrogens (tertiary/aromatic N) is 2. The van der Waals surface area contributed by atoms with Crippen LogP contribution in [0.15, 0.2) is 12.1 Å². The largest absolute Gasteiger partial charge is 0.486 e. The minimum atomic E-state index is -0.143. The summed E-state index contributed by atoms with van der Waals surface area (Å²) < 4.78 is 6.02. The minimum absolute atomic E-state index is 0.00546. The lowest BCUT2D eigenvalue weighted by molar-refractivity contribution is 0.0939. The first-order valence-electron chi connectivity index (χ1n) is 8.62. The van der Waals surface area contributed by atoms with Gasteiger partial charge in [0.1, 0.15) is 6.10 Å². The number of amides is 1. The molecule has 6 heteroatoms. The van der Waals surface area contributed by atoms with Gasteiger partial charge in [0.05, 0.1) is 17.3 Å². The molecule has 1 amide bonds. The highest BCUT2D eigenvalue weighted by Gasteiger charge is 2.31. The number of hydrogen-bond acceptors (Lipinski definition) is 4. The molecule has 1 heterocycles. The summed E-state index contributed by atoms with van der Waals surface area (Å²) in [6.45, 7) is 11.7. The maximum absolute atomic E-state index is 12.6. The average Bonchev–Trinajstić information content (AvgIpc) is 2.57. The first-order valence-corrected chi connectivity index (χ1v) is 9.00. The second kappa shape index (κ2) is 8.08. The Morgan fingerprint density at radius 1 is 1.33 bits per heavy atom. The van der Waals surface area contributed by atoms with Crippen LogP contribution in [0.5, 0.6) is 5.75 Å². The number of halogens is 1. The normalized spacial score (nSPS) is 19.9. The van der Waals surface area contributed by atoms with Gasteiger partial charge in [0.2, 0.25) is 0 Å². The number of carbonyl (C=O) groups is 1. The number of nitrogens with one attached hydrogen (secondary N) is 1. The van der Waals surface area contributed by atoms with Crippen molar-refractivity contribution in [3.63, 3.8) is 0 Å². The van der Waals surface area contributed by atoms with Crippen LogP contribution in [0.3, 0.4) is 0 Å². The van der Waals surface area contributed by atoms with Crippen molar-refractivity contribution in [2.45, 2.75) is 39.8 Å². The summed E-state index contributed by atoms with van der Waals surface area (Å²) in [5.41, 5.74) is 1.37. The van der Waals surface area contributed by atoms with Gasteiger partial charge in [-0.3, -0.25) is 4.79 Å². The van der Waals surface area contributed by atoms with Gasteiger partial charge in [-0.15, -0.1) is 0 Å². The first-order chi connectivity index (χ1) is 11.4. The molecule has 134 valence electrons. The zero-order valence-corrected chi connectivity index (χ0v) is 16.0. The van der Waals surface area contributed by atoms with Crippen LogP contribution in [-0.4, -0.2) is 56.2 Å². The Morgan fingerprint density at radius 2 is 2.00 bits per heavy atom. The molecule has 2 atom stereocenters. The van der Waals surface area contributed by atoms with Gasteiger partial charge in [0.25, 0.3) is 5.91 Å². The summed E-state index contributed by atoms with van der Waals surface area (Å²) in [6.07, 6.45) is 0.00546. The van der Waals surface area contributed by atoms with E-state index in [4.69, 9.17) is 16.3 Å². The van der Waals surface area contributed by atoms with Gasteiger partial charge in [-0.05, 0) is 39.1 Å². The monoisotopic (exact) mass is 353 g/mol. The number of hydrogen-bond donors (Lipinski definition) is 1. The molecule has 0 aliphatic carbocycles. The lowest BCUT2D eigenvalue weighted by Crippen LogP contribution is -2.45. The Morgan fingerprint density at radius 3 is 2.62 bits per heavy atom. The molecule has 0 saturated carbocycles. The summed E-state index contributed by atoms with van der Waals surface area (Å²) in [6, 6.07) is 3.75. The number of carbonyl (C=O) groups excluding carboxylic acids is 1. The molecule has 0 saturated heterocycles. The molecule has 1 aromatic rings. The Balaban J connectivity index is 2.18. The molecule has 1 aliphatic heterocycles. The summed E-state index contributed by atoms with van der Waals surface area (Å²) >= 11 is 6.23. The molecule has 2 unspecified atom stereocenters. The average molecular weight is 354 g/mol. The van der Waals surface area contributed by atoms with Crippen molar-refractivity contribution in [3.05, 3.63) is 22.7 Å². The van der Waals surface area contributed by atoms with E-state index in [1.807, 2.05) is 20.0 Å². The van der Waals surface area contributed by atoms with Crippen molar-refractivity contribution in [2.24, 2.45) is 0 Å². The predicted molar refractivity (Wildman–Crippen MR) is 99.5 cm³/mol. The molecular weight excluding hydrogens is 326 g/mol. The third-order valence-electron chi connectivity index (χ3n) is 4.86. The molecule has 0 bridgehead atoms. The van der Waals surface area contributed by atoms with Crippen LogP contribution in [0, 0.1) is 0 Å². The van der Waals surface area contributed by atoms with E-state index in [0.717, 1.165) is 25.3 Å². The van der Waals surface area contributed by atoms with E-state index in [1.54, 1.807) is 6.07 Å². The third kappa shape index (κ3) is 3.95. The molecule has 1 aliphatic rings. The van der Waals surface area contributed by atoms with Gasteiger partial charge >= 0.3 is 0 Å². The fourth-order valence-electron chi connectivity index (χ4n) is 2.91. The fourth-order valence-corrected chi connectivity index (χ4v) is 3.13. The molecule has 0 aromatic heterocycles. The maximum atomic E-state index is 12.6. The van der Waals surface area contributed by atoms with E-state index < -0.39 is 0 Å².